The van der Waals surface area contributed by atoms with Crippen molar-refractivity contribution in [1.29, 1.82) is 0 Å². The van der Waals surface area contributed by atoms with Gasteiger partial charge in [-0.1, -0.05) is 54.9 Å². The number of H-pyrrole nitrogens is 1. The number of nitrogens with one attached hydrogen (secondary N) is 1. The molecule has 1 heterocycles. The van der Waals surface area contributed by atoms with E-state index in [4.69, 9.17) is 5.73 Å². The molecule has 132 valence electrons. The molecule has 0 saturated carbocycles. The van der Waals surface area contributed by atoms with E-state index in [1.165, 1.54) is 33.3 Å². The predicted molar refractivity (Wildman–Crippen MR) is 112 cm³/mol. The van der Waals surface area contributed by atoms with Crippen LogP contribution in [0.2, 0.25) is 0 Å². The molecule has 3 N–H and O–H groups in total. The SMILES string of the molecule is CC(C)(C)c1ccc2[nH]c(-c3cccc(Br)c3)c(CCCCN)c2c1. The molecule has 3 rings (SSSR count). The molecule has 0 radical (unpaired) electrons. The van der Waals surface area contributed by atoms with Crippen molar-refractivity contribution in [3.05, 3.63) is 58.1 Å². The smallest absolute Gasteiger partial charge is 0.0497 e. The van der Waals surface area contributed by atoms with Crippen LogP contribution in [0.5, 0.6) is 0 Å². The third-order valence-corrected chi connectivity index (χ3v) is 5.26. The topological polar surface area (TPSA) is 41.8 Å². The lowest BCUT2D eigenvalue weighted by Crippen LogP contribution is -2.10. The van der Waals surface area contributed by atoms with Crippen LogP contribution in [0.3, 0.4) is 0 Å². The lowest BCUT2D eigenvalue weighted by molar-refractivity contribution is 0.591. The number of aromatic nitrogens is 1. The normalized spacial score (nSPS) is 12.0. The second-order valence-electron chi connectivity index (χ2n) is 7.75. The molecule has 0 spiro atoms. The number of hydrogen-bond donors (Lipinski definition) is 2. The number of aryl methyl sites for hydroxylation is 1. The van der Waals surface area contributed by atoms with Gasteiger partial charge >= 0.3 is 0 Å². The maximum absolute atomic E-state index is 5.72. The molecule has 2 nitrogen and oxygen atoms in total. The highest BCUT2D eigenvalue weighted by Gasteiger charge is 2.18. The van der Waals surface area contributed by atoms with Crippen LogP contribution in [-0.4, -0.2) is 11.5 Å². The van der Waals surface area contributed by atoms with Crippen molar-refractivity contribution < 1.29 is 0 Å². The maximum atomic E-state index is 5.72. The first-order valence-electron chi connectivity index (χ1n) is 9.01. The first kappa shape index (κ1) is 18.2. The molecular formula is C22H27BrN2. The Balaban J connectivity index is 2.16. The van der Waals surface area contributed by atoms with Crippen LogP contribution in [-0.2, 0) is 11.8 Å². The van der Waals surface area contributed by atoms with Crippen LogP contribution >= 0.6 is 15.9 Å². The fourth-order valence-electron chi connectivity index (χ4n) is 3.31. The second-order valence-corrected chi connectivity index (χ2v) is 8.66. The fourth-order valence-corrected chi connectivity index (χ4v) is 3.71. The summed E-state index contributed by atoms with van der Waals surface area (Å²) in [6.45, 7) is 7.56. The Hall–Kier alpha value is -1.58. The molecule has 0 aliphatic rings. The maximum Gasteiger partial charge on any atom is 0.0497 e. The number of halogens is 1. The highest BCUT2D eigenvalue weighted by molar-refractivity contribution is 9.10. The minimum atomic E-state index is 0.149. The Morgan fingerprint density at radius 2 is 1.84 bits per heavy atom. The molecule has 25 heavy (non-hydrogen) atoms. The van der Waals surface area contributed by atoms with E-state index in [0.29, 0.717) is 0 Å². The standard InChI is InChI=1S/C22H27BrN2/c1-22(2,3)16-10-11-20-19(14-16)18(9-4-5-12-24)21(25-20)15-7-6-8-17(23)13-15/h6-8,10-11,13-14,25H,4-5,9,12,24H2,1-3H3. The number of nitrogens with two attached hydrogens (primary N) is 1. The monoisotopic (exact) mass is 398 g/mol. The largest absolute Gasteiger partial charge is 0.354 e. The minimum Gasteiger partial charge on any atom is -0.354 e. The number of unbranched alkanes of at least 4 members (excludes halogenated alkanes) is 1. The summed E-state index contributed by atoms with van der Waals surface area (Å²) in [5.41, 5.74) is 12.3. The van der Waals surface area contributed by atoms with Crippen LogP contribution in [0.4, 0.5) is 0 Å². The zero-order chi connectivity index (χ0) is 18.0. The zero-order valence-corrected chi connectivity index (χ0v) is 16.9. The van der Waals surface area contributed by atoms with Gasteiger partial charge in [0.25, 0.3) is 0 Å². The average Bonchev–Trinajstić information content (AvgIpc) is 2.92. The van der Waals surface area contributed by atoms with Crippen molar-refractivity contribution in [2.45, 2.75) is 45.4 Å². The number of aromatic amines is 1. The quantitative estimate of drug-likeness (QED) is 0.495. The van der Waals surface area contributed by atoms with Gasteiger partial charge in [0.05, 0.1) is 0 Å². The molecule has 0 bridgehead atoms. The van der Waals surface area contributed by atoms with E-state index < -0.39 is 0 Å². The van der Waals surface area contributed by atoms with Gasteiger partial charge in [0.1, 0.15) is 0 Å². The van der Waals surface area contributed by atoms with E-state index in [1.807, 2.05) is 0 Å². The lowest BCUT2D eigenvalue weighted by Gasteiger charge is -2.19. The van der Waals surface area contributed by atoms with Crippen molar-refractivity contribution in [2.75, 3.05) is 6.54 Å². The van der Waals surface area contributed by atoms with Crippen molar-refractivity contribution in [1.82, 2.24) is 4.98 Å². The molecule has 0 fully saturated rings. The summed E-state index contributed by atoms with van der Waals surface area (Å²) in [6.07, 6.45) is 3.22. The Morgan fingerprint density at radius 3 is 2.52 bits per heavy atom. The van der Waals surface area contributed by atoms with Crippen LogP contribution < -0.4 is 5.73 Å². The first-order chi connectivity index (χ1) is 11.9. The Labute approximate surface area is 159 Å². The molecule has 0 aliphatic carbocycles. The molecule has 1 aromatic heterocycles. The van der Waals surface area contributed by atoms with Gasteiger partial charge in [-0.2, -0.15) is 0 Å². The molecule has 0 saturated heterocycles. The van der Waals surface area contributed by atoms with E-state index in [-0.39, 0.29) is 5.41 Å². The summed E-state index contributed by atoms with van der Waals surface area (Å²) < 4.78 is 1.10. The Bertz CT molecular complexity index is 871. The van der Waals surface area contributed by atoms with Crippen molar-refractivity contribution in [3.8, 4) is 11.3 Å². The highest BCUT2D eigenvalue weighted by Crippen LogP contribution is 2.35. The zero-order valence-electron chi connectivity index (χ0n) is 15.3. The van der Waals surface area contributed by atoms with Crippen LogP contribution in [0.1, 0.15) is 44.7 Å². The summed E-state index contributed by atoms with van der Waals surface area (Å²) in [7, 11) is 0. The summed E-state index contributed by atoms with van der Waals surface area (Å²) in [4.78, 5) is 3.66. The van der Waals surface area contributed by atoms with E-state index in [2.05, 4.69) is 84.1 Å². The van der Waals surface area contributed by atoms with Gasteiger partial charge in [-0.05, 0) is 72.2 Å². The molecule has 0 unspecified atom stereocenters. The van der Waals surface area contributed by atoms with Crippen LogP contribution in [0, 0.1) is 0 Å². The van der Waals surface area contributed by atoms with Gasteiger partial charge in [0.2, 0.25) is 0 Å². The summed E-state index contributed by atoms with van der Waals surface area (Å²) >= 11 is 3.60. The van der Waals surface area contributed by atoms with Gasteiger partial charge in [-0.25, -0.2) is 0 Å². The number of rotatable bonds is 5. The lowest BCUT2D eigenvalue weighted by atomic mass is 9.86. The summed E-state index contributed by atoms with van der Waals surface area (Å²) in [6, 6.07) is 15.4. The predicted octanol–water partition coefficient (Wildman–Crippen LogP) is 6.18. The molecule has 0 aliphatic heterocycles. The fraction of sp³-hybridized carbons (Fsp3) is 0.364. The Kier molecular flexibility index (Phi) is 5.35. The van der Waals surface area contributed by atoms with E-state index in [1.54, 1.807) is 0 Å². The third kappa shape index (κ3) is 3.99. The first-order valence-corrected chi connectivity index (χ1v) is 9.80. The second kappa shape index (κ2) is 7.35. The van der Waals surface area contributed by atoms with E-state index in [9.17, 15) is 0 Å². The summed E-state index contributed by atoms with van der Waals surface area (Å²) in [5.74, 6) is 0. The van der Waals surface area contributed by atoms with E-state index in [0.717, 1.165) is 30.3 Å². The molecule has 3 aromatic rings. The number of fused-ring (bicyclic) bond motifs is 1. The van der Waals surface area contributed by atoms with E-state index >= 15 is 0 Å². The third-order valence-electron chi connectivity index (χ3n) is 4.77. The molecular weight excluding hydrogens is 372 g/mol. The molecule has 2 aromatic carbocycles. The minimum absolute atomic E-state index is 0.149. The number of benzene rings is 2. The van der Waals surface area contributed by atoms with Gasteiger partial charge in [0.15, 0.2) is 0 Å². The van der Waals surface area contributed by atoms with Crippen LogP contribution in [0.15, 0.2) is 46.9 Å². The van der Waals surface area contributed by atoms with Gasteiger partial charge < -0.3 is 10.7 Å². The van der Waals surface area contributed by atoms with Crippen molar-refractivity contribution in [2.24, 2.45) is 5.73 Å². The molecule has 0 atom stereocenters. The Morgan fingerprint density at radius 1 is 1.04 bits per heavy atom. The molecule has 3 heteroatoms. The molecule has 0 amide bonds. The van der Waals surface area contributed by atoms with Crippen molar-refractivity contribution in [3.63, 3.8) is 0 Å². The number of hydrogen-bond acceptors (Lipinski definition) is 1. The van der Waals surface area contributed by atoms with Crippen LogP contribution in [0.25, 0.3) is 22.2 Å². The summed E-state index contributed by atoms with van der Waals surface area (Å²) in [5, 5.41) is 1.35. The van der Waals surface area contributed by atoms with Gasteiger partial charge in [-0.3, -0.25) is 0 Å². The van der Waals surface area contributed by atoms with Gasteiger partial charge in [0, 0.05) is 21.1 Å². The average molecular weight is 399 g/mol. The van der Waals surface area contributed by atoms with Gasteiger partial charge in [-0.15, -0.1) is 0 Å². The highest BCUT2D eigenvalue weighted by atomic mass is 79.9. The van der Waals surface area contributed by atoms with Crippen molar-refractivity contribution >= 4 is 26.8 Å².